The van der Waals surface area contributed by atoms with E-state index in [-0.39, 0.29) is 5.92 Å². The molecule has 5 heteroatoms. The van der Waals surface area contributed by atoms with Crippen LogP contribution in [0.3, 0.4) is 0 Å². The van der Waals surface area contributed by atoms with Crippen LogP contribution in [-0.2, 0) is 24.2 Å². The van der Waals surface area contributed by atoms with E-state index in [4.69, 9.17) is 5.11 Å². The number of carboxylic acids is 1. The fraction of sp³-hybridized carbons (Fsp3) is 0.474. The molecule has 1 fully saturated rings. The molecule has 1 aromatic heterocycles. The molecule has 0 atom stereocenters. The van der Waals surface area contributed by atoms with Crippen LogP contribution in [0.4, 0.5) is 0 Å². The molecule has 0 unspecified atom stereocenters. The maximum atomic E-state index is 11.0. The lowest BCUT2D eigenvalue weighted by atomic mass is 9.86. The molecule has 2 aromatic rings. The number of aliphatic carboxylic acids is 1. The Morgan fingerprint density at radius 3 is 2.62 bits per heavy atom. The topological polar surface area (TPSA) is 62.2 Å². The second-order valence-electron chi connectivity index (χ2n) is 6.47. The number of nitrogens with one attached hydrogen (secondary N) is 1. The lowest BCUT2D eigenvalue weighted by Gasteiger charge is -2.26. The van der Waals surface area contributed by atoms with Crippen molar-refractivity contribution in [1.29, 1.82) is 0 Å². The summed E-state index contributed by atoms with van der Waals surface area (Å²) in [5.41, 5.74) is 1.35. The molecule has 1 aromatic carbocycles. The third-order valence-corrected chi connectivity index (χ3v) is 5.77. The summed E-state index contributed by atoms with van der Waals surface area (Å²) >= 11 is 1.78. The van der Waals surface area contributed by atoms with Gasteiger partial charge in [0.05, 0.1) is 10.9 Å². The average molecular weight is 344 g/mol. The van der Waals surface area contributed by atoms with Gasteiger partial charge in [0.25, 0.3) is 0 Å². The largest absolute Gasteiger partial charge is 0.481 e. The van der Waals surface area contributed by atoms with E-state index in [1.807, 2.05) is 12.3 Å². The smallest absolute Gasteiger partial charge is 0.306 e. The summed E-state index contributed by atoms with van der Waals surface area (Å²) in [6.07, 6.45) is 7.48. The maximum absolute atomic E-state index is 11.0. The van der Waals surface area contributed by atoms with E-state index in [1.165, 1.54) is 15.4 Å². The summed E-state index contributed by atoms with van der Waals surface area (Å²) in [6, 6.07) is 10.9. The van der Waals surface area contributed by atoms with Crippen molar-refractivity contribution in [3.8, 4) is 0 Å². The van der Waals surface area contributed by atoms with Crippen LogP contribution in [0.2, 0.25) is 0 Å². The highest BCUT2D eigenvalue weighted by Gasteiger charge is 2.25. The van der Waals surface area contributed by atoms with Crippen molar-refractivity contribution in [2.45, 2.75) is 51.1 Å². The highest BCUT2D eigenvalue weighted by Crippen LogP contribution is 2.25. The first-order valence-electron chi connectivity index (χ1n) is 8.64. The van der Waals surface area contributed by atoms with E-state index < -0.39 is 5.97 Å². The standard InChI is InChI=1S/C19H24N2O2S/c22-19(23)15-7-9-16(10-8-15)20-12-17-13-21-18(24-17)11-6-14-4-2-1-3-5-14/h1-5,13,15-16,20H,6-12H2,(H,22,23). The van der Waals surface area contributed by atoms with Gasteiger partial charge >= 0.3 is 5.97 Å². The molecule has 3 rings (SSSR count). The van der Waals surface area contributed by atoms with Crippen LogP contribution < -0.4 is 5.32 Å². The number of benzene rings is 1. The van der Waals surface area contributed by atoms with Crippen LogP contribution in [0, 0.1) is 5.92 Å². The summed E-state index contributed by atoms with van der Waals surface area (Å²) in [7, 11) is 0. The van der Waals surface area contributed by atoms with Gasteiger partial charge in [0.1, 0.15) is 0 Å². The Bertz CT molecular complexity index is 648. The van der Waals surface area contributed by atoms with Crippen molar-refractivity contribution in [2.75, 3.05) is 0 Å². The number of aromatic nitrogens is 1. The monoisotopic (exact) mass is 344 g/mol. The van der Waals surface area contributed by atoms with Crippen molar-refractivity contribution in [2.24, 2.45) is 5.92 Å². The molecule has 1 saturated carbocycles. The fourth-order valence-electron chi connectivity index (χ4n) is 3.23. The second kappa shape index (κ2) is 8.40. The van der Waals surface area contributed by atoms with Gasteiger partial charge in [0.2, 0.25) is 0 Å². The van der Waals surface area contributed by atoms with Gasteiger partial charge < -0.3 is 10.4 Å². The van der Waals surface area contributed by atoms with E-state index in [2.05, 4.69) is 34.6 Å². The Balaban J connectivity index is 1.41. The average Bonchev–Trinajstić information content (AvgIpc) is 3.07. The minimum Gasteiger partial charge on any atom is -0.481 e. The summed E-state index contributed by atoms with van der Waals surface area (Å²) in [6.45, 7) is 0.839. The highest BCUT2D eigenvalue weighted by atomic mass is 32.1. The van der Waals surface area contributed by atoms with Gasteiger partial charge in [-0.2, -0.15) is 0 Å². The number of carbonyl (C=O) groups is 1. The summed E-state index contributed by atoms with van der Waals surface area (Å²) in [5, 5.41) is 13.8. The molecule has 0 spiro atoms. The third-order valence-electron chi connectivity index (χ3n) is 4.71. The first-order chi connectivity index (χ1) is 11.7. The molecule has 0 radical (unpaired) electrons. The molecule has 1 aliphatic carbocycles. The zero-order valence-corrected chi connectivity index (χ0v) is 14.6. The number of nitrogens with zero attached hydrogens (tertiary/aromatic N) is 1. The Labute approximate surface area is 146 Å². The van der Waals surface area contributed by atoms with Gasteiger partial charge in [-0.05, 0) is 37.7 Å². The molecule has 1 heterocycles. The number of hydrogen-bond acceptors (Lipinski definition) is 4. The highest BCUT2D eigenvalue weighted by molar-refractivity contribution is 7.11. The van der Waals surface area contributed by atoms with E-state index in [1.54, 1.807) is 11.3 Å². The predicted octanol–water partition coefficient (Wildman–Crippen LogP) is 3.66. The molecule has 4 nitrogen and oxygen atoms in total. The normalized spacial score (nSPS) is 20.8. The number of aryl methyl sites for hydroxylation is 2. The molecule has 2 N–H and O–H groups in total. The zero-order valence-electron chi connectivity index (χ0n) is 13.8. The Morgan fingerprint density at radius 1 is 1.17 bits per heavy atom. The first kappa shape index (κ1) is 17.1. The Kier molecular flexibility index (Phi) is 5.99. The molecule has 0 amide bonds. The Morgan fingerprint density at radius 2 is 1.92 bits per heavy atom. The SMILES string of the molecule is O=C(O)C1CCC(NCc2cnc(CCc3ccccc3)s2)CC1. The van der Waals surface area contributed by atoms with Crippen LogP contribution in [0.5, 0.6) is 0 Å². The van der Waals surface area contributed by atoms with Crippen molar-refractivity contribution < 1.29 is 9.90 Å². The van der Waals surface area contributed by atoms with Gasteiger partial charge in [-0.15, -0.1) is 11.3 Å². The van der Waals surface area contributed by atoms with E-state index in [0.717, 1.165) is 45.1 Å². The van der Waals surface area contributed by atoms with Crippen LogP contribution in [0.25, 0.3) is 0 Å². The van der Waals surface area contributed by atoms with Crippen LogP contribution in [0.1, 0.15) is 41.1 Å². The van der Waals surface area contributed by atoms with Crippen molar-refractivity contribution in [1.82, 2.24) is 10.3 Å². The van der Waals surface area contributed by atoms with Gasteiger partial charge in [-0.3, -0.25) is 4.79 Å². The minimum atomic E-state index is -0.640. The molecule has 0 aliphatic heterocycles. The van der Waals surface area contributed by atoms with Gasteiger partial charge in [0, 0.05) is 30.1 Å². The summed E-state index contributed by atoms with van der Waals surface area (Å²) < 4.78 is 0. The van der Waals surface area contributed by atoms with Crippen LogP contribution in [0.15, 0.2) is 36.5 Å². The number of carboxylic acid groups (broad SMARTS) is 1. The maximum Gasteiger partial charge on any atom is 0.306 e. The van der Waals surface area contributed by atoms with Crippen molar-refractivity contribution in [3.63, 3.8) is 0 Å². The lowest BCUT2D eigenvalue weighted by Crippen LogP contribution is -2.34. The molecule has 1 aliphatic rings. The van der Waals surface area contributed by atoms with Crippen LogP contribution >= 0.6 is 11.3 Å². The van der Waals surface area contributed by atoms with Gasteiger partial charge in [-0.25, -0.2) is 4.98 Å². The van der Waals surface area contributed by atoms with E-state index >= 15 is 0 Å². The lowest BCUT2D eigenvalue weighted by molar-refractivity contribution is -0.142. The minimum absolute atomic E-state index is 0.143. The number of hydrogen-bond donors (Lipinski definition) is 2. The number of rotatable bonds is 7. The molecular weight excluding hydrogens is 320 g/mol. The molecule has 128 valence electrons. The van der Waals surface area contributed by atoms with E-state index in [0.29, 0.717) is 6.04 Å². The summed E-state index contributed by atoms with van der Waals surface area (Å²) in [4.78, 5) is 16.8. The predicted molar refractivity (Wildman–Crippen MR) is 96.2 cm³/mol. The molecule has 0 bridgehead atoms. The van der Waals surface area contributed by atoms with Crippen molar-refractivity contribution in [3.05, 3.63) is 52.0 Å². The van der Waals surface area contributed by atoms with Crippen LogP contribution in [-0.4, -0.2) is 22.1 Å². The second-order valence-corrected chi connectivity index (χ2v) is 7.67. The molecular formula is C19H24N2O2S. The van der Waals surface area contributed by atoms with E-state index in [9.17, 15) is 4.79 Å². The third kappa shape index (κ3) is 4.89. The van der Waals surface area contributed by atoms with Crippen molar-refractivity contribution >= 4 is 17.3 Å². The quantitative estimate of drug-likeness (QED) is 0.805. The van der Waals surface area contributed by atoms with Gasteiger partial charge in [0.15, 0.2) is 0 Å². The summed E-state index contributed by atoms with van der Waals surface area (Å²) in [5.74, 6) is -0.782. The fourth-order valence-corrected chi connectivity index (χ4v) is 4.10. The van der Waals surface area contributed by atoms with Gasteiger partial charge in [-0.1, -0.05) is 30.3 Å². The molecule has 0 saturated heterocycles. The number of thiazole rings is 1. The molecule has 24 heavy (non-hydrogen) atoms. The zero-order chi connectivity index (χ0) is 16.8. The first-order valence-corrected chi connectivity index (χ1v) is 9.46. The Hall–Kier alpha value is -1.72.